The van der Waals surface area contributed by atoms with Crippen molar-refractivity contribution < 1.29 is 0 Å². The lowest BCUT2D eigenvalue weighted by Crippen LogP contribution is -2.40. The first-order chi connectivity index (χ1) is 13.0. The van der Waals surface area contributed by atoms with E-state index in [-0.39, 0.29) is 5.54 Å². The van der Waals surface area contributed by atoms with E-state index in [1.165, 1.54) is 5.56 Å². The number of allylic oxidation sites excluding steroid dienone is 1. The fourth-order valence-corrected chi connectivity index (χ4v) is 2.06. The van der Waals surface area contributed by atoms with Gasteiger partial charge in [0.15, 0.2) is 0 Å². The van der Waals surface area contributed by atoms with E-state index in [4.69, 9.17) is 23.2 Å². The first-order valence-electron chi connectivity index (χ1n) is 8.99. The highest BCUT2D eigenvalue weighted by Gasteiger charge is 2.21. The zero-order valence-electron chi connectivity index (χ0n) is 18.1. The van der Waals surface area contributed by atoms with Crippen molar-refractivity contribution in [2.45, 2.75) is 40.2 Å². The molecule has 5 nitrogen and oxygen atoms in total. The van der Waals surface area contributed by atoms with Crippen LogP contribution in [-0.2, 0) is 0 Å². The van der Waals surface area contributed by atoms with Crippen molar-refractivity contribution in [2.24, 2.45) is 15.1 Å². The predicted molar refractivity (Wildman–Crippen MR) is 127 cm³/mol. The second kappa shape index (κ2) is 13.3. The molecule has 1 rings (SSSR count). The lowest BCUT2D eigenvalue weighted by Gasteiger charge is -2.31. The minimum absolute atomic E-state index is 0.192. The summed E-state index contributed by atoms with van der Waals surface area (Å²) in [4.78, 5) is 8.50. The number of nitrogens with one attached hydrogen (secondary N) is 1. The fourth-order valence-electron chi connectivity index (χ4n) is 1.76. The molecule has 1 aromatic rings. The number of aliphatic imine (C=N–C) groups is 2. The fraction of sp³-hybridized carbons (Fsp3) is 0.476. The smallest absolute Gasteiger partial charge is 0.110 e. The molecular weight excluding hydrogens is 393 g/mol. The largest absolute Gasteiger partial charge is 0.387 e. The van der Waals surface area contributed by atoms with Gasteiger partial charge >= 0.3 is 0 Å². The molecule has 0 aliphatic rings. The Morgan fingerprint density at radius 2 is 1.96 bits per heavy atom. The molecule has 1 N–H and O–H groups in total. The quantitative estimate of drug-likeness (QED) is 0.272. The Kier molecular flexibility index (Phi) is 12.5. The number of halogens is 2. The Morgan fingerprint density at radius 3 is 2.46 bits per heavy atom. The van der Waals surface area contributed by atoms with Crippen LogP contribution in [0.25, 0.3) is 0 Å². The van der Waals surface area contributed by atoms with Gasteiger partial charge in [-0.3, -0.25) is 10.0 Å². The molecule has 0 radical (unpaired) electrons. The van der Waals surface area contributed by atoms with Gasteiger partial charge < -0.3 is 5.32 Å². The summed E-state index contributed by atoms with van der Waals surface area (Å²) in [5, 5.41) is 9.85. The maximum absolute atomic E-state index is 5.81. The number of nitrogens with zero attached hydrogens (tertiary/aromatic N) is 4. The Hall–Kier alpha value is -1.85. The zero-order chi connectivity index (χ0) is 21.7. The van der Waals surface area contributed by atoms with E-state index in [0.29, 0.717) is 12.4 Å². The van der Waals surface area contributed by atoms with Crippen molar-refractivity contribution in [1.82, 2.24) is 10.3 Å². The van der Waals surface area contributed by atoms with Crippen molar-refractivity contribution in [3.8, 4) is 0 Å². The number of hydrazone groups is 1. The zero-order valence-corrected chi connectivity index (χ0v) is 19.6. The van der Waals surface area contributed by atoms with Crippen LogP contribution in [-0.4, -0.2) is 55.3 Å². The summed E-state index contributed by atoms with van der Waals surface area (Å²) in [6.07, 6.45) is 3.21. The van der Waals surface area contributed by atoms with Gasteiger partial charge in [-0.15, -0.1) is 11.6 Å². The standard InChI is InChI=1S/C13H24ClN5.C8H9Cl/c1-11(15-5)12(2)17-10-16-9-13(3,4)19(6)18-8-7-14;1-6-3-4-7(2)8(9)5-6/h8,10,15H,1,7,9H2,2-6H3;3-5H,1-2H3/b16-10?,17-12?,18-8+;. The van der Waals surface area contributed by atoms with Gasteiger partial charge in [-0.2, -0.15) is 5.10 Å². The highest BCUT2D eigenvalue weighted by atomic mass is 35.5. The summed E-state index contributed by atoms with van der Waals surface area (Å²) in [6.45, 7) is 14.4. The topological polar surface area (TPSA) is 52.4 Å². The van der Waals surface area contributed by atoms with Crippen LogP contribution >= 0.6 is 23.2 Å². The Balaban J connectivity index is 0.000000668. The third kappa shape index (κ3) is 10.5. The second-order valence-electron chi connectivity index (χ2n) is 6.94. The van der Waals surface area contributed by atoms with E-state index in [2.05, 4.69) is 46.9 Å². The van der Waals surface area contributed by atoms with Crippen LogP contribution in [0.2, 0.25) is 5.02 Å². The van der Waals surface area contributed by atoms with Crippen LogP contribution in [0.3, 0.4) is 0 Å². The van der Waals surface area contributed by atoms with E-state index in [1.54, 1.807) is 12.6 Å². The van der Waals surface area contributed by atoms with Gasteiger partial charge in [-0.05, 0) is 51.8 Å². The van der Waals surface area contributed by atoms with Gasteiger partial charge in [-0.25, -0.2) is 4.99 Å². The Morgan fingerprint density at radius 1 is 1.32 bits per heavy atom. The molecule has 0 fully saturated rings. The van der Waals surface area contributed by atoms with Crippen LogP contribution in [0.5, 0.6) is 0 Å². The van der Waals surface area contributed by atoms with Crippen molar-refractivity contribution in [3.63, 3.8) is 0 Å². The minimum Gasteiger partial charge on any atom is -0.387 e. The van der Waals surface area contributed by atoms with E-state index >= 15 is 0 Å². The molecule has 0 saturated heterocycles. The van der Waals surface area contributed by atoms with Crippen LogP contribution in [0.1, 0.15) is 31.9 Å². The summed E-state index contributed by atoms with van der Waals surface area (Å²) in [5.74, 6) is 0.402. The average Bonchev–Trinajstić information content (AvgIpc) is 2.65. The molecule has 156 valence electrons. The second-order valence-corrected chi connectivity index (χ2v) is 7.66. The third-order valence-corrected chi connectivity index (χ3v) is 4.62. The lowest BCUT2D eigenvalue weighted by atomic mass is 10.1. The van der Waals surface area contributed by atoms with E-state index in [0.717, 1.165) is 22.0 Å². The van der Waals surface area contributed by atoms with Crippen LogP contribution in [0, 0.1) is 13.8 Å². The maximum Gasteiger partial charge on any atom is 0.110 e. The molecule has 7 heteroatoms. The van der Waals surface area contributed by atoms with Crippen molar-refractivity contribution in [3.05, 3.63) is 46.6 Å². The summed E-state index contributed by atoms with van der Waals surface area (Å²) in [6, 6.07) is 6.05. The normalized spacial score (nSPS) is 12.1. The van der Waals surface area contributed by atoms with Crippen molar-refractivity contribution >= 4 is 41.5 Å². The average molecular weight is 426 g/mol. The first kappa shape index (κ1) is 26.1. The number of rotatable bonds is 8. The molecule has 0 aliphatic heterocycles. The Bertz CT molecular complexity index is 709. The molecule has 0 amide bonds. The molecule has 0 aliphatic carbocycles. The molecule has 0 spiro atoms. The molecule has 0 atom stereocenters. The minimum atomic E-state index is -0.192. The highest BCUT2D eigenvalue weighted by Crippen LogP contribution is 2.15. The number of hydrogen-bond acceptors (Lipinski definition) is 4. The van der Waals surface area contributed by atoms with Gasteiger partial charge in [0.2, 0.25) is 0 Å². The number of aryl methyl sites for hydroxylation is 2. The molecule has 1 aromatic carbocycles. The Labute approximate surface area is 180 Å². The summed E-state index contributed by atoms with van der Waals surface area (Å²) in [5.41, 5.74) is 3.77. The van der Waals surface area contributed by atoms with Crippen LogP contribution < -0.4 is 5.32 Å². The van der Waals surface area contributed by atoms with Crippen molar-refractivity contribution in [1.29, 1.82) is 0 Å². The van der Waals surface area contributed by atoms with E-state index in [1.807, 2.05) is 52.0 Å². The molecular formula is C21H33Cl2N5. The summed E-state index contributed by atoms with van der Waals surface area (Å²) < 4.78 is 0. The highest BCUT2D eigenvalue weighted by molar-refractivity contribution is 6.31. The van der Waals surface area contributed by atoms with Crippen molar-refractivity contribution in [2.75, 3.05) is 26.5 Å². The van der Waals surface area contributed by atoms with Crippen LogP contribution in [0.15, 0.2) is 45.6 Å². The van der Waals surface area contributed by atoms with Crippen LogP contribution in [0.4, 0.5) is 0 Å². The van der Waals surface area contributed by atoms with Gasteiger partial charge in [0, 0.05) is 31.0 Å². The number of likely N-dealkylation sites (N-methyl/N-ethyl adjacent to an activating group) is 1. The van der Waals surface area contributed by atoms with Gasteiger partial charge in [0.1, 0.15) is 6.34 Å². The molecule has 0 heterocycles. The number of alkyl halides is 1. The van der Waals surface area contributed by atoms with E-state index < -0.39 is 0 Å². The molecule has 0 bridgehead atoms. The number of benzene rings is 1. The predicted octanol–water partition coefficient (Wildman–Crippen LogP) is 5.10. The molecule has 28 heavy (non-hydrogen) atoms. The third-order valence-electron chi connectivity index (χ3n) is 4.08. The molecule has 0 unspecified atom stereocenters. The van der Waals surface area contributed by atoms with E-state index in [9.17, 15) is 0 Å². The lowest BCUT2D eigenvalue weighted by molar-refractivity contribution is 0.173. The van der Waals surface area contributed by atoms with Gasteiger partial charge in [-0.1, -0.05) is 30.3 Å². The maximum atomic E-state index is 5.81. The molecule has 0 saturated carbocycles. The van der Waals surface area contributed by atoms with Gasteiger partial charge in [0.05, 0.1) is 23.7 Å². The van der Waals surface area contributed by atoms with Gasteiger partial charge in [0.25, 0.3) is 0 Å². The first-order valence-corrected chi connectivity index (χ1v) is 9.91. The molecule has 0 aromatic heterocycles. The number of hydrogen-bond donors (Lipinski definition) is 1. The monoisotopic (exact) mass is 425 g/mol. The SMILES string of the molecule is C=C(NC)C(C)=NC=NCC(C)(C)N(C)/N=C/CCl.Cc1ccc(C)c(Cl)c1. The summed E-state index contributed by atoms with van der Waals surface area (Å²) >= 11 is 11.4. The summed E-state index contributed by atoms with van der Waals surface area (Å²) in [7, 11) is 3.71.